The van der Waals surface area contributed by atoms with Gasteiger partial charge in [-0.15, -0.1) is 10.2 Å². The van der Waals surface area contributed by atoms with Gasteiger partial charge in [0.1, 0.15) is 5.69 Å². The maximum atomic E-state index is 12.8. The Morgan fingerprint density at radius 3 is 2.50 bits per heavy atom. The van der Waals surface area contributed by atoms with Crippen molar-refractivity contribution in [2.24, 2.45) is 0 Å². The van der Waals surface area contributed by atoms with Gasteiger partial charge in [-0.1, -0.05) is 29.4 Å². The Labute approximate surface area is 194 Å². The smallest absolute Gasteiger partial charge is 0.233 e. The second-order valence-corrected chi connectivity index (χ2v) is 8.70. The highest BCUT2D eigenvalue weighted by Crippen LogP contribution is 2.22. The number of aromatic nitrogens is 5. The molecule has 1 saturated heterocycles. The molecule has 162 valence electrons. The molecule has 0 saturated carbocycles. The first-order chi connectivity index (χ1) is 15.7. The molecule has 0 bridgehead atoms. The van der Waals surface area contributed by atoms with Gasteiger partial charge in [0, 0.05) is 43.1 Å². The summed E-state index contributed by atoms with van der Waals surface area (Å²) in [4.78, 5) is 21.3. The average Bonchev–Trinajstić information content (AvgIpc) is 3.26. The fraction of sp³-hybridized carbons (Fsp3) is 0.227. The van der Waals surface area contributed by atoms with Crippen LogP contribution in [0.3, 0.4) is 0 Å². The van der Waals surface area contributed by atoms with Gasteiger partial charge < -0.3 is 9.80 Å². The molecule has 4 aromatic rings. The molecule has 5 rings (SSSR count). The van der Waals surface area contributed by atoms with E-state index in [2.05, 4.69) is 25.2 Å². The molecular formula is C22H20ClN7OS. The third kappa shape index (κ3) is 4.39. The van der Waals surface area contributed by atoms with E-state index in [4.69, 9.17) is 11.6 Å². The van der Waals surface area contributed by atoms with Crippen LogP contribution in [0, 0.1) is 0 Å². The first kappa shape index (κ1) is 20.7. The summed E-state index contributed by atoms with van der Waals surface area (Å²) in [7, 11) is 0. The van der Waals surface area contributed by atoms with Crippen molar-refractivity contribution in [1.29, 1.82) is 0 Å². The van der Waals surface area contributed by atoms with Gasteiger partial charge in [-0.25, -0.2) is 0 Å². The van der Waals surface area contributed by atoms with E-state index in [0.29, 0.717) is 23.9 Å². The molecule has 0 N–H and O–H groups in total. The number of thioether (sulfide) groups is 1. The van der Waals surface area contributed by atoms with Crippen molar-refractivity contribution in [3.05, 3.63) is 65.8 Å². The Kier molecular flexibility index (Phi) is 5.91. The maximum Gasteiger partial charge on any atom is 0.233 e. The lowest BCUT2D eigenvalue weighted by molar-refractivity contribution is -0.128. The van der Waals surface area contributed by atoms with E-state index in [-0.39, 0.29) is 11.7 Å². The highest BCUT2D eigenvalue weighted by molar-refractivity contribution is 7.99. The van der Waals surface area contributed by atoms with Crippen LogP contribution in [-0.4, -0.2) is 67.5 Å². The zero-order valence-corrected chi connectivity index (χ0v) is 18.7. The summed E-state index contributed by atoms with van der Waals surface area (Å²) in [5.74, 6) is 0.375. The van der Waals surface area contributed by atoms with Gasteiger partial charge >= 0.3 is 0 Å². The lowest BCUT2D eigenvalue weighted by atomic mass is 10.2. The first-order valence-corrected chi connectivity index (χ1v) is 11.6. The zero-order chi connectivity index (χ0) is 21.9. The number of piperazine rings is 1. The summed E-state index contributed by atoms with van der Waals surface area (Å²) in [6.07, 6.45) is 1.73. The number of hydrogen-bond acceptors (Lipinski definition) is 7. The van der Waals surface area contributed by atoms with Gasteiger partial charge in [-0.2, -0.15) is 9.61 Å². The summed E-state index contributed by atoms with van der Waals surface area (Å²) >= 11 is 7.32. The molecule has 0 atom stereocenters. The minimum atomic E-state index is 0.0865. The SMILES string of the molecule is O=C(CSc1nnc2ccc(-c3ccccn3)nn12)N1CCN(c2ccc(Cl)cc2)CC1. The Bertz CT molecular complexity index is 1220. The van der Waals surface area contributed by atoms with Crippen LogP contribution in [0.5, 0.6) is 0 Å². The molecule has 10 heteroatoms. The van der Waals surface area contributed by atoms with E-state index in [9.17, 15) is 4.79 Å². The molecule has 0 radical (unpaired) electrons. The van der Waals surface area contributed by atoms with E-state index in [1.165, 1.54) is 11.8 Å². The normalized spacial score (nSPS) is 14.2. The van der Waals surface area contributed by atoms with Crippen LogP contribution in [0.1, 0.15) is 0 Å². The van der Waals surface area contributed by atoms with E-state index in [0.717, 1.165) is 35.2 Å². The second kappa shape index (κ2) is 9.13. The van der Waals surface area contributed by atoms with Crippen molar-refractivity contribution in [2.45, 2.75) is 5.16 Å². The Morgan fingerprint density at radius 2 is 1.75 bits per heavy atom. The van der Waals surface area contributed by atoms with Gasteiger partial charge in [-0.05, 0) is 48.5 Å². The lowest BCUT2D eigenvalue weighted by Gasteiger charge is -2.36. The number of nitrogens with zero attached hydrogens (tertiary/aromatic N) is 7. The van der Waals surface area contributed by atoms with E-state index < -0.39 is 0 Å². The molecular weight excluding hydrogens is 446 g/mol. The topological polar surface area (TPSA) is 79.5 Å². The molecule has 32 heavy (non-hydrogen) atoms. The number of rotatable bonds is 5. The third-order valence-electron chi connectivity index (χ3n) is 5.31. The van der Waals surface area contributed by atoms with Crippen molar-refractivity contribution < 1.29 is 4.79 Å². The summed E-state index contributed by atoms with van der Waals surface area (Å²) in [6.45, 7) is 2.96. The predicted octanol–water partition coefficient (Wildman–Crippen LogP) is 3.28. The predicted molar refractivity (Wildman–Crippen MR) is 125 cm³/mol. The van der Waals surface area contributed by atoms with Gasteiger partial charge in [0.15, 0.2) is 5.65 Å². The molecule has 1 amide bonds. The number of benzene rings is 1. The van der Waals surface area contributed by atoms with E-state index in [1.807, 2.05) is 59.5 Å². The summed E-state index contributed by atoms with van der Waals surface area (Å²) in [5.41, 5.74) is 3.26. The number of anilines is 1. The first-order valence-electron chi connectivity index (χ1n) is 10.2. The minimum absolute atomic E-state index is 0.0865. The van der Waals surface area contributed by atoms with Gasteiger partial charge in [0.05, 0.1) is 11.4 Å². The molecule has 0 spiro atoms. The van der Waals surface area contributed by atoms with Crippen LogP contribution in [-0.2, 0) is 4.79 Å². The molecule has 1 aliphatic rings. The van der Waals surface area contributed by atoms with Crippen LogP contribution in [0.25, 0.3) is 17.0 Å². The Balaban J connectivity index is 1.21. The highest BCUT2D eigenvalue weighted by atomic mass is 35.5. The zero-order valence-electron chi connectivity index (χ0n) is 17.1. The molecule has 0 aliphatic carbocycles. The standard InChI is InChI=1S/C22H20ClN7OS/c23-16-4-6-17(7-5-16)28-11-13-29(14-12-28)21(31)15-32-22-26-25-20-9-8-19(27-30(20)22)18-3-1-2-10-24-18/h1-10H,11-15H2. The molecule has 0 unspecified atom stereocenters. The fourth-order valence-corrected chi connectivity index (χ4v) is 4.51. The van der Waals surface area contributed by atoms with Crippen LogP contribution >= 0.6 is 23.4 Å². The van der Waals surface area contributed by atoms with Crippen molar-refractivity contribution in [2.75, 3.05) is 36.8 Å². The summed E-state index contributed by atoms with van der Waals surface area (Å²) in [6, 6.07) is 17.2. The van der Waals surface area contributed by atoms with E-state index >= 15 is 0 Å². The van der Waals surface area contributed by atoms with Gasteiger partial charge in [0.25, 0.3) is 0 Å². The minimum Gasteiger partial charge on any atom is -0.368 e. The maximum absolute atomic E-state index is 12.8. The third-order valence-corrected chi connectivity index (χ3v) is 6.47. The Hall–Kier alpha value is -3.17. The van der Waals surface area contributed by atoms with Gasteiger partial charge in [0.2, 0.25) is 11.1 Å². The average molecular weight is 466 g/mol. The number of fused-ring (bicyclic) bond motifs is 1. The summed E-state index contributed by atoms with van der Waals surface area (Å²) < 4.78 is 1.67. The quantitative estimate of drug-likeness (QED) is 0.418. The monoisotopic (exact) mass is 465 g/mol. The number of halogens is 1. The molecule has 3 aromatic heterocycles. The van der Waals surface area contributed by atoms with Crippen LogP contribution in [0.4, 0.5) is 5.69 Å². The van der Waals surface area contributed by atoms with Crippen molar-refractivity contribution >= 4 is 40.6 Å². The molecule has 4 heterocycles. The largest absolute Gasteiger partial charge is 0.368 e. The molecule has 1 aliphatic heterocycles. The number of hydrogen-bond donors (Lipinski definition) is 0. The lowest BCUT2D eigenvalue weighted by Crippen LogP contribution is -2.49. The van der Waals surface area contributed by atoms with Crippen LogP contribution in [0.15, 0.2) is 66.0 Å². The molecule has 1 aromatic carbocycles. The van der Waals surface area contributed by atoms with Crippen molar-refractivity contribution in [3.63, 3.8) is 0 Å². The summed E-state index contributed by atoms with van der Waals surface area (Å²) in [5, 5.41) is 14.3. The number of pyridine rings is 1. The molecule has 8 nitrogen and oxygen atoms in total. The second-order valence-electron chi connectivity index (χ2n) is 7.32. The van der Waals surface area contributed by atoms with Crippen LogP contribution < -0.4 is 4.90 Å². The van der Waals surface area contributed by atoms with Crippen LogP contribution in [0.2, 0.25) is 5.02 Å². The number of carbonyl (C=O) groups excluding carboxylic acids is 1. The molecule has 1 fully saturated rings. The number of amides is 1. The highest BCUT2D eigenvalue weighted by Gasteiger charge is 2.22. The van der Waals surface area contributed by atoms with E-state index in [1.54, 1.807) is 10.7 Å². The van der Waals surface area contributed by atoms with Gasteiger partial charge in [-0.3, -0.25) is 9.78 Å². The van der Waals surface area contributed by atoms with Crippen molar-refractivity contribution in [3.8, 4) is 11.4 Å². The van der Waals surface area contributed by atoms with Crippen molar-refractivity contribution in [1.82, 2.24) is 29.7 Å². The fourth-order valence-electron chi connectivity index (χ4n) is 3.59. The number of carbonyl (C=O) groups is 1. The Morgan fingerprint density at radius 1 is 0.938 bits per heavy atom.